The van der Waals surface area contributed by atoms with Gasteiger partial charge in [-0.05, 0) is 147 Å². The van der Waals surface area contributed by atoms with E-state index in [1.807, 2.05) is 11.3 Å². The van der Waals surface area contributed by atoms with Gasteiger partial charge in [0, 0.05) is 60.4 Å². The normalized spacial score (nSPS) is 13.5. The molecule has 0 atom stereocenters. The van der Waals surface area contributed by atoms with E-state index in [4.69, 9.17) is 0 Å². The van der Waals surface area contributed by atoms with Crippen LogP contribution >= 0.6 is 11.3 Å². The monoisotopic (exact) mass is 825 g/mol. The molecule has 0 N–H and O–H groups in total. The van der Waals surface area contributed by atoms with Gasteiger partial charge < -0.3 is 14.7 Å². The number of anilines is 9. The van der Waals surface area contributed by atoms with Gasteiger partial charge >= 0.3 is 0 Å². The van der Waals surface area contributed by atoms with Gasteiger partial charge in [-0.3, -0.25) is 0 Å². The highest BCUT2D eigenvalue weighted by Crippen LogP contribution is 2.50. The van der Waals surface area contributed by atoms with Crippen LogP contribution in [0.3, 0.4) is 0 Å². The molecular formula is C57H56BN3S. The molecule has 7 aromatic carbocycles. The molecule has 0 spiro atoms. The van der Waals surface area contributed by atoms with Crippen molar-refractivity contribution in [2.24, 2.45) is 0 Å². The second-order valence-corrected chi connectivity index (χ2v) is 21.5. The Morgan fingerprint density at radius 3 is 1.50 bits per heavy atom. The molecule has 1 aromatic heterocycles. The van der Waals surface area contributed by atoms with E-state index < -0.39 is 0 Å². The van der Waals surface area contributed by atoms with E-state index in [1.165, 1.54) is 82.2 Å². The number of benzene rings is 7. The van der Waals surface area contributed by atoms with E-state index in [2.05, 4.69) is 242 Å². The molecule has 0 radical (unpaired) electrons. The van der Waals surface area contributed by atoms with E-state index in [0.29, 0.717) is 0 Å². The maximum absolute atomic E-state index is 2.60. The van der Waals surface area contributed by atoms with E-state index >= 15 is 0 Å². The van der Waals surface area contributed by atoms with Gasteiger partial charge in [-0.15, -0.1) is 11.3 Å². The van der Waals surface area contributed by atoms with Crippen molar-refractivity contribution in [3.63, 3.8) is 0 Å². The highest BCUT2D eigenvalue weighted by Gasteiger charge is 2.46. The Bertz CT molecular complexity index is 2930. The largest absolute Gasteiger partial charge is 0.311 e. The SMILES string of the molecule is Cc1cc2c3c(c1)N(c1ccc(C(C)(C)C)cc1)c1c(sc4ccc(C(C)(C)C)cc14)B3c1cc(N(c3ccccc3)c3ccccc3)ccc1N2c1ccc(C(C)(C)C)cc1. The zero-order valence-corrected chi connectivity index (χ0v) is 38.7. The summed E-state index contributed by atoms with van der Waals surface area (Å²) >= 11 is 1.97. The minimum absolute atomic E-state index is 0.00429. The Kier molecular flexibility index (Phi) is 9.39. The molecule has 0 fully saturated rings. The number of para-hydroxylation sites is 2. The summed E-state index contributed by atoms with van der Waals surface area (Å²) in [5.74, 6) is 0. The molecule has 0 bridgehead atoms. The topological polar surface area (TPSA) is 9.72 Å². The molecule has 3 nitrogen and oxygen atoms in total. The molecule has 62 heavy (non-hydrogen) atoms. The predicted molar refractivity (Wildman–Crippen MR) is 271 cm³/mol. The molecule has 2 aliphatic rings. The van der Waals surface area contributed by atoms with Crippen LogP contribution < -0.4 is 30.4 Å². The Balaban J connectivity index is 1.29. The molecule has 0 saturated carbocycles. The zero-order valence-electron chi connectivity index (χ0n) is 37.8. The third-order valence-electron chi connectivity index (χ3n) is 12.9. The van der Waals surface area contributed by atoms with Crippen LogP contribution in [0.2, 0.25) is 0 Å². The number of thiophene rings is 1. The van der Waals surface area contributed by atoms with Crippen molar-refractivity contribution in [3.8, 4) is 0 Å². The molecule has 3 heterocycles. The molecule has 2 aliphatic heterocycles. The van der Waals surface area contributed by atoms with Crippen molar-refractivity contribution in [1.82, 2.24) is 0 Å². The Morgan fingerprint density at radius 2 is 0.968 bits per heavy atom. The summed E-state index contributed by atoms with van der Waals surface area (Å²) in [7, 11) is 0. The molecular weight excluding hydrogens is 770 g/mol. The van der Waals surface area contributed by atoms with Crippen molar-refractivity contribution >= 4 is 95.0 Å². The van der Waals surface area contributed by atoms with E-state index in [-0.39, 0.29) is 23.0 Å². The van der Waals surface area contributed by atoms with E-state index in [9.17, 15) is 0 Å². The van der Waals surface area contributed by atoms with Crippen LogP contribution in [-0.2, 0) is 16.2 Å². The van der Waals surface area contributed by atoms with Crippen LogP contribution in [0.4, 0.5) is 51.2 Å². The fourth-order valence-corrected chi connectivity index (χ4v) is 10.9. The maximum atomic E-state index is 2.60. The Labute approximate surface area is 373 Å². The maximum Gasteiger partial charge on any atom is 0.264 e. The number of fused-ring (bicyclic) bond motifs is 6. The van der Waals surface area contributed by atoms with Crippen LogP contribution in [0.25, 0.3) is 10.1 Å². The summed E-state index contributed by atoms with van der Waals surface area (Å²) in [6, 6.07) is 59.6. The lowest BCUT2D eigenvalue weighted by Gasteiger charge is -2.44. The number of nitrogens with zero attached hydrogens (tertiary/aromatic N) is 3. The number of hydrogen-bond donors (Lipinski definition) is 0. The summed E-state index contributed by atoms with van der Waals surface area (Å²) < 4.78 is 2.70. The smallest absolute Gasteiger partial charge is 0.264 e. The lowest BCUT2D eigenvalue weighted by atomic mass is 9.36. The average Bonchev–Trinajstić information content (AvgIpc) is 3.62. The first-order valence-corrected chi connectivity index (χ1v) is 22.9. The highest BCUT2D eigenvalue weighted by atomic mass is 32.1. The third-order valence-corrected chi connectivity index (χ3v) is 14.1. The van der Waals surface area contributed by atoms with Crippen molar-refractivity contribution in [2.45, 2.75) is 85.5 Å². The summed E-state index contributed by atoms with van der Waals surface area (Å²) in [5, 5.41) is 1.32. The molecule has 0 amide bonds. The minimum atomic E-state index is 0.00429. The fourth-order valence-electron chi connectivity index (χ4n) is 9.58. The van der Waals surface area contributed by atoms with E-state index in [0.717, 1.165) is 17.1 Å². The third kappa shape index (κ3) is 6.73. The molecule has 5 heteroatoms. The summed E-state index contributed by atoms with van der Waals surface area (Å²) in [5.41, 5.74) is 18.8. The van der Waals surface area contributed by atoms with Gasteiger partial charge in [0.15, 0.2) is 0 Å². The van der Waals surface area contributed by atoms with Gasteiger partial charge in [-0.1, -0.05) is 129 Å². The van der Waals surface area contributed by atoms with Gasteiger partial charge in [0.1, 0.15) is 0 Å². The first kappa shape index (κ1) is 40.1. The first-order chi connectivity index (χ1) is 29.6. The van der Waals surface area contributed by atoms with Crippen LogP contribution in [0.1, 0.15) is 84.6 Å². The van der Waals surface area contributed by atoms with Gasteiger partial charge in [-0.2, -0.15) is 0 Å². The van der Waals surface area contributed by atoms with Crippen molar-refractivity contribution in [3.05, 3.63) is 180 Å². The second kappa shape index (κ2) is 14.5. The Morgan fingerprint density at radius 1 is 0.468 bits per heavy atom. The van der Waals surface area contributed by atoms with Gasteiger partial charge in [-0.25, -0.2) is 0 Å². The summed E-state index contributed by atoms with van der Waals surface area (Å²) in [6.07, 6.45) is 0. The first-order valence-electron chi connectivity index (χ1n) is 22.1. The van der Waals surface area contributed by atoms with E-state index in [1.54, 1.807) is 0 Å². The zero-order chi connectivity index (χ0) is 43.3. The molecule has 308 valence electrons. The van der Waals surface area contributed by atoms with Gasteiger partial charge in [0.05, 0.1) is 5.69 Å². The fraction of sp³-hybridized carbons (Fsp3) is 0.228. The standard InChI is InChI=1S/C57H56BN3S/c1-37-33-49-52-50(34-37)61(44-28-23-39(24-29-44)56(5,6)7)53-46-35-40(57(8,9)10)25-32-51(46)62-54(53)58(52)47-36-45(59(41-17-13-11-14-18-41)42-19-15-12-16-20-42)30-31-48(47)60(49)43-26-21-38(22-27-43)55(2,3)4/h11-36H,1-10H3. The quantitative estimate of drug-likeness (QED) is 0.160. The predicted octanol–water partition coefficient (Wildman–Crippen LogP) is 14.7. The van der Waals surface area contributed by atoms with Crippen molar-refractivity contribution in [1.29, 1.82) is 0 Å². The van der Waals surface area contributed by atoms with Crippen LogP contribution in [0, 0.1) is 6.92 Å². The molecule has 0 saturated heterocycles. The Hall–Kier alpha value is -6.04. The minimum Gasteiger partial charge on any atom is -0.311 e. The molecule has 10 rings (SSSR count). The van der Waals surface area contributed by atoms with Crippen LogP contribution in [0.15, 0.2) is 158 Å². The molecule has 0 aliphatic carbocycles. The summed E-state index contributed by atoms with van der Waals surface area (Å²) in [4.78, 5) is 7.55. The molecule has 0 unspecified atom stereocenters. The van der Waals surface area contributed by atoms with Crippen molar-refractivity contribution < 1.29 is 0 Å². The molecule has 8 aromatic rings. The number of aryl methyl sites for hydroxylation is 1. The lowest BCUT2D eigenvalue weighted by molar-refractivity contribution is 0.590. The van der Waals surface area contributed by atoms with Gasteiger partial charge in [0.25, 0.3) is 6.71 Å². The van der Waals surface area contributed by atoms with Gasteiger partial charge in [0.2, 0.25) is 0 Å². The lowest BCUT2D eigenvalue weighted by Crippen LogP contribution is -2.60. The average molecular weight is 826 g/mol. The number of hydrogen-bond acceptors (Lipinski definition) is 4. The van der Waals surface area contributed by atoms with Crippen LogP contribution in [-0.4, -0.2) is 6.71 Å². The summed E-state index contributed by atoms with van der Waals surface area (Å²) in [6.45, 7) is 23.0. The van der Waals surface area contributed by atoms with Crippen molar-refractivity contribution in [2.75, 3.05) is 14.7 Å². The highest BCUT2D eigenvalue weighted by molar-refractivity contribution is 7.33. The van der Waals surface area contributed by atoms with Crippen LogP contribution in [0.5, 0.6) is 0 Å². The second-order valence-electron chi connectivity index (χ2n) is 20.4. The number of rotatable bonds is 5.